The molecule has 0 aliphatic carbocycles. The largest absolute Gasteiger partial charge is 0.416 e. The first-order chi connectivity index (χ1) is 10.8. The number of anilines is 1. The summed E-state index contributed by atoms with van der Waals surface area (Å²) in [6, 6.07) is 9.26. The van der Waals surface area contributed by atoms with E-state index in [9.17, 15) is 18.0 Å². The summed E-state index contributed by atoms with van der Waals surface area (Å²) in [6.07, 6.45) is -4.37. The van der Waals surface area contributed by atoms with Crippen molar-refractivity contribution >= 4 is 23.3 Å². The Morgan fingerprint density at radius 2 is 1.78 bits per heavy atom. The number of benzene rings is 2. The molecule has 2 aromatic rings. The fourth-order valence-corrected chi connectivity index (χ4v) is 2.06. The number of carbonyl (C=O) groups is 1. The number of nitrogens with one attached hydrogen (secondary N) is 2. The van der Waals surface area contributed by atoms with Crippen LogP contribution in [0.3, 0.4) is 0 Å². The molecule has 0 saturated carbocycles. The highest BCUT2D eigenvalue weighted by Gasteiger charge is 2.29. The van der Waals surface area contributed by atoms with Crippen LogP contribution < -0.4 is 10.6 Å². The average Bonchev–Trinajstić information content (AvgIpc) is 2.48. The lowest BCUT2D eigenvalue weighted by atomic mass is 10.1. The zero-order chi connectivity index (χ0) is 17.0. The van der Waals surface area contributed by atoms with Gasteiger partial charge in [-0.05, 0) is 42.3 Å². The topological polar surface area (TPSA) is 41.1 Å². The van der Waals surface area contributed by atoms with Gasteiger partial charge in [-0.3, -0.25) is 0 Å². The highest BCUT2D eigenvalue weighted by atomic mass is 35.5. The molecule has 7 heteroatoms. The maximum absolute atomic E-state index is 12.5. The Balaban J connectivity index is 1.93. The molecule has 23 heavy (non-hydrogen) atoms. The fraction of sp³-hybridized carbons (Fsp3) is 0.188. The maximum Gasteiger partial charge on any atom is 0.416 e. The van der Waals surface area contributed by atoms with Gasteiger partial charge in [-0.25, -0.2) is 4.79 Å². The monoisotopic (exact) mass is 342 g/mol. The summed E-state index contributed by atoms with van der Waals surface area (Å²) in [7, 11) is 0. The zero-order valence-electron chi connectivity index (χ0n) is 12.2. The molecule has 0 fully saturated rings. The van der Waals surface area contributed by atoms with Crippen LogP contribution in [0.4, 0.5) is 23.7 Å². The number of carbonyl (C=O) groups excluding carboxylic acids is 1. The molecule has 3 nitrogen and oxygen atoms in total. The average molecular weight is 343 g/mol. The summed E-state index contributed by atoms with van der Waals surface area (Å²) in [5, 5.41) is 5.71. The van der Waals surface area contributed by atoms with E-state index in [1.54, 1.807) is 18.2 Å². The second kappa shape index (κ2) is 6.91. The molecule has 2 amide bonds. The molecule has 2 N–H and O–H groups in total. The van der Waals surface area contributed by atoms with Crippen LogP contribution in [-0.4, -0.2) is 6.03 Å². The van der Waals surface area contributed by atoms with Gasteiger partial charge in [-0.2, -0.15) is 13.2 Å². The molecule has 0 aliphatic heterocycles. The summed E-state index contributed by atoms with van der Waals surface area (Å²) >= 11 is 5.86. The van der Waals surface area contributed by atoms with Crippen molar-refractivity contribution in [3.8, 4) is 0 Å². The van der Waals surface area contributed by atoms with Gasteiger partial charge in [0.25, 0.3) is 0 Å². The van der Waals surface area contributed by atoms with Crippen molar-refractivity contribution in [1.82, 2.24) is 5.32 Å². The van der Waals surface area contributed by atoms with Crippen molar-refractivity contribution in [3.63, 3.8) is 0 Å². The number of hydrogen-bond donors (Lipinski definition) is 2. The third-order valence-corrected chi connectivity index (χ3v) is 3.42. The molecule has 0 radical (unpaired) electrons. The van der Waals surface area contributed by atoms with E-state index in [0.717, 1.165) is 17.7 Å². The Hall–Kier alpha value is -2.21. The van der Waals surface area contributed by atoms with Crippen LogP contribution in [0, 0.1) is 6.92 Å². The summed E-state index contributed by atoms with van der Waals surface area (Å²) in [5.41, 5.74) is 1.26. The molecule has 0 aromatic heterocycles. The number of urea groups is 1. The third-order valence-electron chi connectivity index (χ3n) is 3.18. The first-order valence-corrected chi connectivity index (χ1v) is 7.10. The number of rotatable bonds is 3. The van der Waals surface area contributed by atoms with Gasteiger partial charge < -0.3 is 10.6 Å². The van der Waals surface area contributed by atoms with E-state index >= 15 is 0 Å². The molecule has 122 valence electrons. The zero-order valence-corrected chi connectivity index (χ0v) is 12.9. The number of alkyl halides is 3. The van der Waals surface area contributed by atoms with Gasteiger partial charge in [-0.1, -0.05) is 29.8 Å². The van der Waals surface area contributed by atoms with Crippen LogP contribution in [0.15, 0.2) is 42.5 Å². The van der Waals surface area contributed by atoms with E-state index in [0.29, 0.717) is 16.3 Å². The van der Waals surface area contributed by atoms with Gasteiger partial charge in [-0.15, -0.1) is 0 Å². The number of amides is 2. The standard InChI is InChI=1S/C16H14ClF3N2O/c1-10-2-7-13(17)8-14(10)22-15(23)21-9-11-3-5-12(6-4-11)16(18,19)20/h2-8H,9H2,1H3,(H2,21,22,23). The number of aryl methyl sites for hydroxylation is 1. The second-order valence-electron chi connectivity index (χ2n) is 4.96. The minimum absolute atomic E-state index is 0.115. The fourth-order valence-electron chi connectivity index (χ4n) is 1.89. The van der Waals surface area contributed by atoms with E-state index < -0.39 is 17.8 Å². The molecular formula is C16H14ClF3N2O. The van der Waals surface area contributed by atoms with Crippen molar-refractivity contribution < 1.29 is 18.0 Å². The van der Waals surface area contributed by atoms with Gasteiger partial charge in [0, 0.05) is 17.3 Å². The van der Waals surface area contributed by atoms with E-state index in [-0.39, 0.29) is 6.54 Å². The lowest BCUT2D eigenvalue weighted by molar-refractivity contribution is -0.137. The van der Waals surface area contributed by atoms with Gasteiger partial charge in [0.2, 0.25) is 0 Å². The molecule has 0 unspecified atom stereocenters. The normalized spacial score (nSPS) is 11.2. The minimum atomic E-state index is -4.37. The highest BCUT2D eigenvalue weighted by molar-refractivity contribution is 6.31. The van der Waals surface area contributed by atoms with Crippen LogP contribution >= 0.6 is 11.6 Å². The Bertz CT molecular complexity index is 699. The number of halogens is 4. The predicted octanol–water partition coefficient (Wildman–Crippen LogP) is 4.99. The smallest absolute Gasteiger partial charge is 0.334 e. The summed E-state index contributed by atoms with van der Waals surface area (Å²) in [6.45, 7) is 1.94. The van der Waals surface area contributed by atoms with E-state index in [4.69, 9.17) is 11.6 Å². The Morgan fingerprint density at radius 3 is 2.39 bits per heavy atom. The Labute approximate surface area is 136 Å². The lowest BCUT2D eigenvalue weighted by Gasteiger charge is -2.11. The molecule has 0 spiro atoms. The van der Waals surface area contributed by atoms with Gasteiger partial charge in [0.1, 0.15) is 0 Å². The maximum atomic E-state index is 12.5. The Kier molecular flexibility index (Phi) is 5.15. The van der Waals surface area contributed by atoms with Crippen molar-refractivity contribution in [3.05, 3.63) is 64.2 Å². The molecule has 0 aliphatic rings. The van der Waals surface area contributed by atoms with Gasteiger partial charge in [0.05, 0.1) is 5.56 Å². The van der Waals surface area contributed by atoms with Crippen LogP contribution in [0.2, 0.25) is 5.02 Å². The quantitative estimate of drug-likeness (QED) is 0.810. The third kappa shape index (κ3) is 4.89. The first-order valence-electron chi connectivity index (χ1n) is 6.73. The van der Waals surface area contributed by atoms with Gasteiger partial charge in [0.15, 0.2) is 0 Å². The molecule has 0 bridgehead atoms. The van der Waals surface area contributed by atoms with E-state index in [2.05, 4.69) is 10.6 Å². The summed E-state index contributed by atoms with van der Waals surface area (Å²) in [4.78, 5) is 11.8. The van der Waals surface area contributed by atoms with Crippen molar-refractivity contribution in [2.45, 2.75) is 19.6 Å². The predicted molar refractivity (Wildman–Crippen MR) is 83.5 cm³/mol. The molecule has 2 rings (SSSR count). The molecular weight excluding hydrogens is 329 g/mol. The van der Waals surface area contributed by atoms with Gasteiger partial charge >= 0.3 is 12.2 Å². The second-order valence-corrected chi connectivity index (χ2v) is 5.40. The number of hydrogen-bond acceptors (Lipinski definition) is 1. The molecule has 2 aromatic carbocycles. The van der Waals surface area contributed by atoms with Crippen LogP contribution in [0.25, 0.3) is 0 Å². The molecule has 0 atom stereocenters. The van der Waals surface area contributed by atoms with Crippen LogP contribution in [-0.2, 0) is 12.7 Å². The van der Waals surface area contributed by atoms with E-state index in [1.165, 1.54) is 12.1 Å². The van der Waals surface area contributed by atoms with E-state index in [1.807, 2.05) is 6.92 Å². The summed E-state index contributed by atoms with van der Waals surface area (Å²) < 4.78 is 37.4. The molecule has 0 heterocycles. The lowest BCUT2D eigenvalue weighted by Crippen LogP contribution is -2.28. The first kappa shape index (κ1) is 17.1. The SMILES string of the molecule is Cc1ccc(Cl)cc1NC(=O)NCc1ccc(C(F)(F)F)cc1. The molecule has 0 saturated heterocycles. The minimum Gasteiger partial charge on any atom is -0.334 e. The van der Waals surface area contributed by atoms with Crippen LogP contribution in [0.5, 0.6) is 0 Å². The summed E-state index contributed by atoms with van der Waals surface area (Å²) in [5.74, 6) is 0. The Morgan fingerprint density at radius 1 is 1.13 bits per heavy atom. The van der Waals surface area contributed by atoms with Crippen molar-refractivity contribution in [1.29, 1.82) is 0 Å². The van der Waals surface area contributed by atoms with Crippen molar-refractivity contribution in [2.75, 3.05) is 5.32 Å². The highest BCUT2D eigenvalue weighted by Crippen LogP contribution is 2.29. The van der Waals surface area contributed by atoms with Crippen molar-refractivity contribution in [2.24, 2.45) is 0 Å². The van der Waals surface area contributed by atoms with Crippen LogP contribution in [0.1, 0.15) is 16.7 Å².